The van der Waals surface area contributed by atoms with E-state index >= 15 is 0 Å². The molecule has 0 aliphatic heterocycles. The second-order valence-electron chi connectivity index (χ2n) is 5.84. The van der Waals surface area contributed by atoms with E-state index in [4.69, 9.17) is 0 Å². The Labute approximate surface area is 138 Å². The molecule has 2 aromatic rings. The van der Waals surface area contributed by atoms with Gasteiger partial charge in [0, 0.05) is 43.0 Å². The van der Waals surface area contributed by atoms with Gasteiger partial charge in [0.25, 0.3) is 0 Å². The van der Waals surface area contributed by atoms with Crippen molar-refractivity contribution in [2.24, 2.45) is 7.05 Å². The minimum absolute atomic E-state index is 0.144. The first kappa shape index (κ1) is 18.3. The van der Waals surface area contributed by atoms with E-state index in [2.05, 4.69) is 15.2 Å². The van der Waals surface area contributed by atoms with E-state index in [1.807, 2.05) is 0 Å². The zero-order valence-corrected chi connectivity index (χ0v) is 13.6. The predicted octanol–water partition coefficient (Wildman–Crippen LogP) is 2.72. The summed E-state index contributed by atoms with van der Waals surface area (Å²) in [5, 5.41) is 17.6. The first-order valence-corrected chi connectivity index (χ1v) is 7.38. The zero-order valence-electron chi connectivity index (χ0n) is 13.6. The van der Waals surface area contributed by atoms with E-state index in [-0.39, 0.29) is 12.3 Å². The predicted molar refractivity (Wildman–Crippen MR) is 82.2 cm³/mol. The molecular weight excluding hydrogens is 323 g/mol. The maximum atomic E-state index is 13.3. The van der Waals surface area contributed by atoms with Gasteiger partial charge in [-0.15, -0.1) is 0 Å². The number of benzene rings is 1. The molecule has 24 heavy (non-hydrogen) atoms. The van der Waals surface area contributed by atoms with E-state index < -0.39 is 24.1 Å². The second-order valence-corrected chi connectivity index (χ2v) is 5.84. The second kappa shape index (κ2) is 7.23. The number of aliphatic hydroxyl groups is 1. The molecule has 0 fully saturated rings. The molecule has 2 rings (SSSR count). The van der Waals surface area contributed by atoms with Gasteiger partial charge in [0.1, 0.15) is 17.2 Å². The number of hydrogen-bond acceptors (Lipinski definition) is 4. The Bertz CT molecular complexity index is 689. The third-order valence-electron chi connectivity index (χ3n) is 3.74. The van der Waals surface area contributed by atoms with Crippen molar-refractivity contribution in [1.82, 2.24) is 15.1 Å². The fraction of sp³-hybridized carbons (Fsp3) is 0.438. The molecule has 0 radical (unpaired) electrons. The minimum Gasteiger partial charge on any atom is -0.434 e. The summed E-state index contributed by atoms with van der Waals surface area (Å²) in [6.07, 6.45) is 3.24. The fourth-order valence-electron chi connectivity index (χ4n) is 2.33. The van der Waals surface area contributed by atoms with Gasteiger partial charge in [-0.05, 0) is 19.9 Å². The van der Waals surface area contributed by atoms with Gasteiger partial charge in [-0.25, -0.2) is 4.39 Å². The summed E-state index contributed by atoms with van der Waals surface area (Å²) in [5.74, 6) is -0.894. The van der Waals surface area contributed by atoms with Gasteiger partial charge in [-0.3, -0.25) is 4.68 Å². The largest absolute Gasteiger partial charge is 0.434 e. The lowest BCUT2D eigenvalue weighted by Crippen LogP contribution is -2.36. The zero-order chi connectivity index (χ0) is 17.9. The number of aryl methyl sites for hydroxylation is 1. The number of aromatic nitrogens is 2. The van der Waals surface area contributed by atoms with Crippen molar-refractivity contribution < 1.29 is 23.0 Å². The normalized spacial score (nSPS) is 15.3. The molecule has 0 bridgehead atoms. The number of nitrogens with one attached hydrogen (secondary N) is 1. The monoisotopic (exact) mass is 343 g/mol. The molecule has 2 atom stereocenters. The highest BCUT2D eigenvalue weighted by Gasteiger charge is 2.26. The number of alkyl halides is 2. The van der Waals surface area contributed by atoms with E-state index in [0.29, 0.717) is 11.1 Å². The third kappa shape index (κ3) is 4.48. The van der Waals surface area contributed by atoms with Crippen molar-refractivity contribution in [2.75, 3.05) is 6.54 Å². The number of ether oxygens (including phenoxy) is 1. The molecule has 5 nitrogen and oxygen atoms in total. The van der Waals surface area contributed by atoms with Crippen molar-refractivity contribution >= 4 is 0 Å². The third-order valence-corrected chi connectivity index (χ3v) is 3.74. The molecule has 0 saturated carbocycles. The van der Waals surface area contributed by atoms with Crippen LogP contribution in [-0.2, 0) is 12.6 Å². The lowest BCUT2D eigenvalue weighted by Gasteiger charge is -2.26. The Hall–Kier alpha value is -2.06. The Morgan fingerprint density at radius 3 is 2.71 bits per heavy atom. The summed E-state index contributed by atoms with van der Waals surface area (Å²) in [6, 6.07) is 3.02. The van der Waals surface area contributed by atoms with Crippen LogP contribution in [0.4, 0.5) is 13.2 Å². The molecule has 2 unspecified atom stereocenters. The summed E-state index contributed by atoms with van der Waals surface area (Å²) in [6.45, 7) is 0.428. The van der Waals surface area contributed by atoms with Gasteiger partial charge in [0.05, 0.1) is 6.20 Å². The summed E-state index contributed by atoms with van der Waals surface area (Å²) < 4.78 is 44.2. The molecule has 0 saturated heterocycles. The number of rotatable bonds is 7. The van der Waals surface area contributed by atoms with Gasteiger partial charge in [0.2, 0.25) is 0 Å². The minimum atomic E-state index is -3.05. The van der Waals surface area contributed by atoms with Crippen LogP contribution < -0.4 is 10.1 Å². The van der Waals surface area contributed by atoms with Crippen LogP contribution in [0, 0.1) is 5.82 Å². The first-order chi connectivity index (χ1) is 11.2. The molecular formula is C16H20F3N3O2. The van der Waals surface area contributed by atoms with Crippen LogP contribution in [0.2, 0.25) is 0 Å². The van der Waals surface area contributed by atoms with Crippen molar-refractivity contribution in [1.29, 1.82) is 0 Å². The highest BCUT2D eigenvalue weighted by Crippen LogP contribution is 2.28. The first-order valence-electron chi connectivity index (χ1n) is 7.38. The van der Waals surface area contributed by atoms with Crippen molar-refractivity contribution in [3.63, 3.8) is 0 Å². The molecule has 0 aliphatic carbocycles. The lowest BCUT2D eigenvalue weighted by atomic mass is 9.98. The SMILES string of the molecule is CC(NCC(C)(O)c1cnn(C)c1)c1ccc(F)cc1OC(F)F. The topological polar surface area (TPSA) is 59.3 Å². The summed E-state index contributed by atoms with van der Waals surface area (Å²) in [7, 11) is 1.74. The van der Waals surface area contributed by atoms with Crippen LogP contribution in [0.15, 0.2) is 30.6 Å². The molecule has 8 heteroatoms. The maximum absolute atomic E-state index is 13.3. The van der Waals surface area contributed by atoms with E-state index in [0.717, 1.165) is 6.07 Å². The molecule has 0 amide bonds. The van der Waals surface area contributed by atoms with E-state index in [9.17, 15) is 18.3 Å². The summed E-state index contributed by atoms with van der Waals surface area (Å²) >= 11 is 0. The molecule has 1 heterocycles. The Balaban J connectivity index is 2.11. The molecule has 132 valence electrons. The summed E-state index contributed by atoms with van der Waals surface area (Å²) in [4.78, 5) is 0. The smallest absolute Gasteiger partial charge is 0.387 e. The van der Waals surface area contributed by atoms with Crippen LogP contribution in [0.1, 0.15) is 31.0 Å². The van der Waals surface area contributed by atoms with Gasteiger partial charge in [0.15, 0.2) is 0 Å². The quantitative estimate of drug-likeness (QED) is 0.812. The van der Waals surface area contributed by atoms with Crippen LogP contribution in [-0.4, -0.2) is 28.0 Å². The van der Waals surface area contributed by atoms with Crippen molar-refractivity contribution in [2.45, 2.75) is 32.1 Å². The molecule has 0 aliphatic rings. The Morgan fingerprint density at radius 2 is 2.12 bits per heavy atom. The molecule has 1 aromatic heterocycles. The number of halogens is 3. The van der Waals surface area contributed by atoms with Crippen LogP contribution >= 0.6 is 0 Å². The lowest BCUT2D eigenvalue weighted by molar-refractivity contribution is -0.0509. The van der Waals surface area contributed by atoms with E-state index in [1.165, 1.54) is 12.1 Å². The average molecular weight is 343 g/mol. The van der Waals surface area contributed by atoms with Crippen LogP contribution in [0.3, 0.4) is 0 Å². The Morgan fingerprint density at radius 1 is 1.42 bits per heavy atom. The van der Waals surface area contributed by atoms with Gasteiger partial charge < -0.3 is 15.2 Å². The molecule has 2 N–H and O–H groups in total. The highest BCUT2D eigenvalue weighted by atomic mass is 19.3. The van der Waals surface area contributed by atoms with Crippen molar-refractivity contribution in [3.05, 3.63) is 47.5 Å². The van der Waals surface area contributed by atoms with Gasteiger partial charge in [-0.1, -0.05) is 6.07 Å². The number of hydrogen-bond donors (Lipinski definition) is 2. The maximum Gasteiger partial charge on any atom is 0.387 e. The Kier molecular flexibility index (Phi) is 5.51. The van der Waals surface area contributed by atoms with Gasteiger partial charge >= 0.3 is 6.61 Å². The summed E-state index contributed by atoms with van der Waals surface area (Å²) in [5.41, 5.74) is -0.210. The van der Waals surface area contributed by atoms with Gasteiger partial charge in [-0.2, -0.15) is 13.9 Å². The van der Waals surface area contributed by atoms with Crippen molar-refractivity contribution in [3.8, 4) is 5.75 Å². The van der Waals surface area contributed by atoms with E-state index in [1.54, 1.807) is 38.0 Å². The van der Waals surface area contributed by atoms with Crippen LogP contribution in [0.25, 0.3) is 0 Å². The molecule has 1 aromatic carbocycles. The number of nitrogens with zero attached hydrogens (tertiary/aromatic N) is 2. The van der Waals surface area contributed by atoms with Crippen LogP contribution in [0.5, 0.6) is 5.75 Å². The standard InChI is InChI=1S/C16H20F3N3O2/c1-10(13-5-4-12(17)6-14(13)24-15(18)19)20-9-16(2,23)11-7-21-22(3)8-11/h4-8,10,15,20,23H,9H2,1-3H3. The highest BCUT2D eigenvalue weighted by molar-refractivity contribution is 5.36. The molecule has 0 spiro atoms. The average Bonchev–Trinajstić information content (AvgIpc) is 2.92. The fourth-order valence-corrected chi connectivity index (χ4v) is 2.33.